The highest BCUT2D eigenvalue weighted by Gasteiger charge is 2.32. The molecule has 1 aromatic heterocycles. The zero-order valence-corrected chi connectivity index (χ0v) is 15.6. The minimum atomic E-state index is 0.150. The number of aryl methyl sites for hydroxylation is 2. The number of guanidine groups is 1. The number of aromatic nitrogens is 1. The van der Waals surface area contributed by atoms with Gasteiger partial charge in [-0.25, -0.2) is 0 Å². The molecule has 2 aliphatic heterocycles. The van der Waals surface area contributed by atoms with Gasteiger partial charge in [0, 0.05) is 38.9 Å². The summed E-state index contributed by atoms with van der Waals surface area (Å²) >= 11 is 0. The fourth-order valence-electron chi connectivity index (χ4n) is 3.64. The normalized spacial score (nSPS) is 24.8. The van der Waals surface area contributed by atoms with Gasteiger partial charge in [-0.2, -0.15) is 0 Å². The summed E-state index contributed by atoms with van der Waals surface area (Å²) < 4.78 is 16.9. The predicted octanol–water partition coefficient (Wildman–Crippen LogP) is 1.68. The standard InChI is InChI=1S/C18H30N4O3/c1-13-15(14(2)25-21-13)6-4-8-20-18(19-3)22-9-11-24-17(12-22)16-7-5-10-23-16/h16-17H,4-12H2,1-3H3,(H,19,20). The third-order valence-corrected chi connectivity index (χ3v) is 5.05. The van der Waals surface area contributed by atoms with Crippen LogP contribution in [-0.4, -0.2) is 68.1 Å². The molecular weight excluding hydrogens is 320 g/mol. The zero-order chi connectivity index (χ0) is 17.6. The number of nitrogens with zero attached hydrogens (tertiary/aromatic N) is 3. The fraction of sp³-hybridized carbons (Fsp3) is 0.778. The van der Waals surface area contributed by atoms with E-state index in [4.69, 9.17) is 14.0 Å². The Morgan fingerprint density at radius 1 is 1.28 bits per heavy atom. The van der Waals surface area contributed by atoms with E-state index in [1.807, 2.05) is 20.9 Å². The van der Waals surface area contributed by atoms with Crippen molar-refractivity contribution in [2.75, 3.05) is 39.9 Å². The Kier molecular flexibility index (Phi) is 6.31. The summed E-state index contributed by atoms with van der Waals surface area (Å²) in [5, 5.41) is 7.49. The van der Waals surface area contributed by atoms with Crippen molar-refractivity contribution >= 4 is 5.96 Å². The highest BCUT2D eigenvalue weighted by atomic mass is 16.5. The van der Waals surface area contributed by atoms with Crippen molar-refractivity contribution in [2.45, 2.75) is 51.7 Å². The largest absolute Gasteiger partial charge is 0.375 e. The zero-order valence-electron chi connectivity index (χ0n) is 15.6. The van der Waals surface area contributed by atoms with Gasteiger partial charge in [-0.1, -0.05) is 5.16 Å². The average molecular weight is 350 g/mol. The van der Waals surface area contributed by atoms with Gasteiger partial charge in [-0.05, 0) is 39.5 Å². The van der Waals surface area contributed by atoms with Crippen LogP contribution in [0.4, 0.5) is 0 Å². The number of morpholine rings is 1. The monoisotopic (exact) mass is 350 g/mol. The van der Waals surface area contributed by atoms with Gasteiger partial charge in [0.05, 0.1) is 18.4 Å². The quantitative estimate of drug-likeness (QED) is 0.495. The van der Waals surface area contributed by atoms with Crippen LogP contribution in [0.2, 0.25) is 0 Å². The minimum Gasteiger partial charge on any atom is -0.375 e. The summed E-state index contributed by atoms with van der Waals surface area (Å²) in [6.07, 6.45) is 4.60. The van der Waals surface area contributed by atoms with Gasteiger partial charge < -0.3 is 24.2 Å². The van der Waals surface area contributed by atoms with Gasteiger partial charge in [-0.15, -0.1) is 0 Å². The maximum absolute atomic E-state index is 5.92. The highest BCUT2D eigenvalue weighted by molar-refractivity contribution is 5.80. The van der Waals surface area contributed by atoms with Gasteiger partial charge in [0.1, 0.15) is 11.9 Å². The second kappa shape index (κ2) is 8.67. The first-order chi connectivity index (χ1) is 12.2. The van der Waals surface area contributed by atoms with Crippen molar-refractivity contribution in [1.29, 1.82) is 0 Å². The van der Waals surface area contributed by atoms with Crippen molar-refractivity contribution in [1.82, 2.24) is 15.4 Å². The minimum absolute atomic E-state index is 0.150. The Hall–Kier alpha value is -1.60. The van der Waals surface area contributed by atoms with E-state index in [9.17, 15) is 0 Å². The van der Waals surface area contributed by atoms with E-state index in [1.54, 1.807) is 0 Å². The van der Waals surface area contributed by atoms with Gasteiger partial charge in [0.15, 0.2) is 5.96 Å². The van der Waals surface area contributed by atoms with E-state index in [2.05, 4.69) is 20.4 Å². The first kappa shape index (κ1) is 18.2. The maximum Gasteiger partial charge on any atom is 0.193 e. The molecule has 2 atom stereocenters. The Balaban J connectivity index is 1.45. The molecule has 3 rings (SSSR count). The molecule has 140 valence electrons. The number of nitrogens with one attached hydrogen (secondary N) is 1. The molecule has 2 fully saturated rings. The number of ether oxygens (including phenoxy) is 2. The van der Waals surface area contributed by atoms with E-state index < -0.39 is 0 Å². The fourth-order valence-corrected chi connectivity index (χ4v) is 3.64. The predicted molar refractivity (Wildman–Crippen MR) is 95.9 cm³/mol. The molecule has 2 unspecified atom stereocenters. The summed E-state index contributed by atoms with van der Waals surface area (Å²) in [6.45, 7) is 8.14. The Labute approximate surface area is 149 Å². The van der Waals surface area contributed by atoms with E-state index in [1.165, 1.54) is 5.56 Å². The van der Waals surface area contributed by atoms with Crippen molar-refractivity contribution in [3.05, 3.63) is 17.0 Å². The summed E-state index contributed by atoms with van der Waals surface area (Å²) in [4.78, 5) is 6.73. The first-order valence-corrected chi connectivity index (χ1v) is 9.29. The smallest absolute Gasteiger partial charge is 0.193 e. The summed E-state index contributed by atoms with van der Waals surface area (Å²) in [6, 6.07) is 0. The maximum atomic E-state index is 5.92. The van der Waals surface area contributed by atoms with E-state index in [0.717, 1.165) is 75.9 Å². The second-order valence-electron chi connectivity index (χ2n) is 6.79. The Bertz CT molecular complexity index is 561. The molecule has 0 bridgehead atoms. The lowest BCUT2D eigenvalue weighted by Crippen LogP contribution is -2.53. The summed E-state index contributed by atoms with van der Waals surface area (Å²) in [7, 11) is 1.84. The lowest BCUT2D eigenvalue weighted by atomic mass is 10.1. The molecule has 0 amide bonds. The van der Waals surface area contributed by atoms with E-state index in [0.29, 0.717) is 0 Å². The van der Waals surface area contributed by atoms with Crippen LogP contribution in [0.15, 0.2) is 9.52 Å². The van der Waals surface area contributed by atoms with Crippen LogP contribution in [0.5, 0.6) is 0 Å². The van der Waals surface area contributed by atoms with Crippen LogP contribution in [0.1, 0.15) is 36.3 Å². The lowest BCUT2D eigenvalue weighted by Gasteiger charge is -2.37. The third-order valence-electron chi connectivity index (χ3n) is 5.05. The molecule has 1 N–H and O–H groups in total. The number of aliphatic imine (C=N–C) groups is 1. The molecule has 7 heteroatoms. The topological polar surface area (TPSA) is 72.1 Å². The lowest BCUT2D eigenvalue weighted by molar-refractivity contribution is -0.0816. The van der Waals surface area contributed by atoms with E-state index >= 15 is 0 Å². The number of hydrogen-bond acceptors (Lipinski definition) is 5. The molecule has 7 nitrogen and oxygen atoms in total. The highest BCUT2D eigenvalue weighted by Crippen LogP contribution is 2.21. The molecule has 0 spiro atoms. The van der Waals surface area contributed by atoms with Crippen LogP contribution in [0.25, 0.3) is 0 Å². The van der Waals surface area contributed by atoms with Crippen LogP contribution in [-0.2, 0) is 15.9 Å². The molecule has 1 aromatic rings. The van der Waals surface area contributed by atoms with Crippen molar-refractivity contribution in [3.63, 3.8) is 0 Å². The molecule has 2 aliphatic rings. The first-order valence-electron chi connectivity index (χ1n) is 9.29. The van der Waals surface area contributed by atoms with Crippen molar-refractivity contribution in [3.8, 4) is 0 Å². The number of rotatable bonds is 5. The average Bonchev–Trinajstić information content (AvgIpc) is 3.27. The van der Waals surface area contributed by atoms with Crippen LogP contribution in [0.3, 0.4) is 0 Å². The molecule has 0 aromatic carbocycles. The van der Waals surface area contributed by atoms with Crippen molar-refractivity contribution in [2.24, 2.45) is 4.99 Å². The van der Waals surface area contributed by atoms with Crippen LogP contribution < -0.4 is 5.32 Å². The SMILES string of the molecule is CN=C(NCCCc1c(C)noc1C)N1CCOC(C2CCCO2)C1. The summed E-state index contributed by atoms with van der Waals surface area (Å²) in [5.41, 5.74) is 2.22. The van der Waals surface area contributed by atoms with Gasteiger partial charge in [0.2, 0.25) is 0 Å². The molecule has 2 saturated heterocycles. The summed E-state index contributed by atoms with van der Waals surface area (Å²) in [5.74, 6) is 1.87. The second-order valence-corrected chi connectivity index (χ2v) is 6.79. The van der Waals surface area contributed by atoms with Gasteiger partial charge in [0.25, 0.3) is 0 Å². The third kappa shape index (κ3) is 4.52. The molecule has 0 saturated carbocycles. The van der Waals surface area contributed by atoms with Crippen LogP contribution >= 0.6 is 0 Å². The van der Waals surface area contributed by atoms with Crippen molar-refractivity contribution < 1.29 is 14.0 Å². The van der Waals surface area contributed by atoms with Gasteiger partial charge >= 0.3 is 0 Å². The van der Waals surface area contributed by atoms with E-state index in [-0.39, 0.29) is 12.2 Å². The van der Waals surface area contributed by atoms with Gasteiger partial charge in [-0.3, -0.25) is 4.99 Å². The molecular formula is C18H30N4O3. The van der Waals surface area contributed by atoms with Crippen LogP contribution in [0, 0.1) is 13.8 Å². The molecule has 0 aliphatic carbocycles. The molecule has 25 heavy (non-hydrogen) atoms. The molecule has 3 heterocycles. The number of hydrogen-bond donors (Lipinski definition) is 1. The molecule has 0 radical (unpaired) electrons. The Morgan fingerprint density at radius 2 is 2.12 bits per heavy atom. The Morgan fingerprint density at radius 3 is 2.80 bits per heavy atom.